The monoisotopic (exact) mass is 264 g/mol. The lowest BCUT2D eigenvalue weighted by Crippen LogP contribution is -2.41. The number of hydrogen-bond acceptors (Lipinski definition) is 2. The summed E-state index contributed by atoms with van der Waals surface area (Å²) in [6.45, 7) is 5.16. The summed E-state index contributed by atoms with van der Waals surface area (Å²) < 4.78 is 20.9. The van der Waals surface area contributed by atoms with Gasteiger partial charge in [0.25, 0.3) is 0 Å². The Balaban J connectivity index is 2.51. The van der Waals surface area contributed by atoms with Crippen LogP contribution in [0.15, 0.2) is 24.4 Å². The number of ether oxygens (including phenoxy) is 1. The van der Waals surface area contributed by atoms with Crippen LogP contribution >= 0.6 is 0 Å². The van der Waals surface area contributed by atoms with Crippen LogP contribution in [0.5, 0.6) is 5.75 Å². The molecule has 0 bridgehead atoms. The highest BCUT2D eigenvalue weighted by atomic mass is 19.1. The molecule has 3 nitrogen and oxygen atoms in total. The van der Waals surface area contributed by atoms with Gasteiger partial charge in [-0.1, -0.05) is 0 Å². The Labute approximate surface area is 113 Å². The molecule has 0 aliphatic heterocycles. The molecular formula is C15H21FN2O. The van der Waals surface area contributed by atoms with E-state index in [1.54, 1.807) is 7.11 Å². The van der Waals surface area contributed by atoms with Crippen molar-refractivity contribution < 1.29 is 9.13 Å². The number of aromatic nitrogens is 1. The van der Waals surface area contributed by atoms with Crippen LogP contribution in [0, 0.1) is 5.82 Å². The van der Waals surface area contributed by atoms with Crippen molar-refractivity contribution >= 4 is 10.9 Å². The summed E-state index contributed by atoms with van der Waals surface area (Å²) in [5.41, 5.74) is 0.949. The highest BCUT2D eigenvalue weighted by molar-refractivity contribution is 5.86. The molecule has 0 spiro atoms. The standard InChI is InChI=1S/C15H21FN2O/c1-15(2,17(3)4)10-18-7-6-11-8-12(16)9-13(19-5)14(11)18/h6-9H,10H2,1-5H3. The molecule has 0 amide bonds. The molecule has 2 rings (SSSR count). The van der Waals surface area contributed by atoms with Crippen molar-refractivity contribution in [3.8, 4) is 5.75 Å². The Kier molecular flexibility index (Phi) is 3.54. The first-order valence-corrected chi connectivity index (χ1v) is 6.35. The van der Waals surface area contributed by atoms with E-state index < -0.39 is 0 Å². The zero-order valence-electron chi connectivity index (χ0n) is 12.2. The summed E-state index contributed by atoms with van der Waals surface area (Å²) in [6.07, 6.45) is 1.98. The number of likely N-dealkylation sites (N-methyl/N-ethyl adjacent to an activating group) is 1. The van der Waals surface area contributed by atoms with E-state index in [4.69, 9.17) is 4.74 Å². The summed E-state index contributed by atoms with van der Waals surface area (Å²) in [7, 11) is 5.69. The van der Waals surface area contributed by atoms with Crippen molar-refractivity contribution in [1.29, 1.82) is 0 Å². The average Bonchev–Trinajstić information content (AvgIpc) is 2.70. The second-order valence-electron chi connectivity index (χ2n) is 5.70. The van der Waals surface area contributed by atoms with Gasteiger partial charge in [-0.2, -0.15) is 0 Å². The average molecular weight is 264 g/mol. The largest absolute Gasteiger partial charge is 0.494 e. The van der Waals surface area contributed by atoms with Gasteiger partial charge in [0.2, 0.25) is 0 Å². The lowest BCUT2D eigenvalue weighted by molar-refractivity contribution is 0.171. The van der Waals surface area contributed by atoms with Crippen LogP contribution in [0.25, 0.3) is 10.9 Å². The van der Waals surface area contributed by atoms with Crippen LogP contribution in [0.2, 0.25) is 0 Å². The Bertz CT molecular complexity index is 587. The second kappa shape index (κ2) is 4.85. The van der Waals surface area contributed by atoms with Crippen LogP contribution in [0.1, 0.15) is 13.8 Å². The third-order valence-corrected chi connectivity index (χ3v) is 3.78. The first kappa shape index (κ1) is 13.9. The summed E-state index contributed by atoms with van der Waals surface area (Å²) >= 11 is 0. The lowest BCUT2D eigenvalue weighted by Gasteiger charge is -2.33. The number of nitrogens with zero attached hydrogens (tertiary/aromatic N) is 2. The topological polar surface area (TPSA) is 17.4 Å². The van der Waals surface area contributed by atoms with Gasteiger partial charge in [0.05, 0.1) is 12.6 Å². The first-order chi connectivity index (χ1) is 8.85. The van der Waals surface area contributed by atoms with Gasteiger partial charge in [0, 0.05) is 29.7 Å². The molecule has 0 atom stereocenters. The zero-order valence-corrected chi connectivity index (χ0v) is 12.2. The Morgan fingerprint density at radius 1 is 1.32 bits per heavy atom. The van der Waals surface area contributed by atoms with E-state index in [1.807, 2.05) is 12.3 Å². The van der Waals surface area contributed by atoms with Crippen molar-refractivity contribution in [3.63, 3.8) is 0 Å². The number of benzene rings is 1. The third-order valence-electron chi connectivity index (χ3n) is 3.78. The van der Waals surface area contributed by atoms with Gasteiger partial charge in [-0.3, -0.25) is 0 Å². The van der Waals surface area contributed by atoms with Gasteiger partial charge >= 0.3 is 0 Å². The molecule has 0 aliphatic carbocycles. The number of methoxy groups -OCH3 is 1. The Morgan fingerprint density at radius 3 is 2.58 bits per heavy atom. The van der Waals surface area contributed by atoms with Crippen molar-refractivity contribution in [3.05, 3.63) is 30.2 Å². The van der Waals surface area contributed by atoms with E-state index in [9.17, 15) is 4.39 Å². The molecule has 4 heteroatoms. The van der Waals surface area contributed by atoms with Crippen molar-refractivity contribution in [2.45, 2.75) is 25.9 Å². The van der Waals surface area contributed by atoms with Crippen LogP contribution in [-0.4, -0.2) is 36.2 Å². The number of rotatable bonds is 4. The number of fused-ring (bicyclic) bond motifs is 1. The molecule has 104 valence electrons. The van der Waals surface area contributed by atoms with Crippen LogP contribution < -0.4 is 4.74 Å². The summed E-state index contributed by atoms with van der Waals surface area (Å²) in [5, 5.41) is 0.867. The SMILES string of the molecule is COc1cc(F)cc2ccn(CC(C)(C)N(C)C)c12. The van der Waals surface area contributed by atoms with Gasteiger partial charge in [-0.25, -0.2) is 4.39 Å². The predicted molar refractivity (Wildman–Crippen MR) is 76.2 cm³/mol. The summed E-state index contributed by atoms with van der Waals surface area (Å²) in [6, 6.07) is 4.89. The van der Waals surface area contributed by atoms with Crippen molar-refractivity contribution in [2.24, 2.45) is 0 Å². The van der Waals surface area contributed by atoms with E-state index in [0.717, 1.165) is 17.4 Å². The van der Waals surface area contributed by atoms with Crippen molar-refractivity contribution in [2.75, 3.05) is 21.2 Å². The van der Waals surface area contributed by atoms with E-state index in [2.05, 4.69) is 37.4 Å². The predicted octanol–water partition coefficient (Wildman–Crippen LogP) is 3.13. The maximum absolute atomic E-state index is 13.5. The molecule has 0 unspecified atom stereocenters. The number of hydrogen-bond donors (Lipinski definition) is 0. The summed E-state index contributed by atoms with van der Waals surface area (Å²) in [5.74, 6) is 0.309. The van der Waals surface area contributed by atoms with Crippen LogP contribution in [0.4, 0.5) is 4.39 Å². The maximum atomic E-state index is 13.5. The zero-order chi connectivity index (χ0) is 14.2. The van der Waals surface area contributed by atoms with Gasteiger partial charge in [-0.15, -0.1) is 0 Å². The molecule has 0 aliphatic rings. The minimum absolute atomic E-state index is 0.00531. The first-order valence-electron chi connectivity index (χ1n) is 6.35. The summed E-state index contributed by atoms with van der Waals surface area (Å²) in [4.78, 5) is 2.18. The van der Waals surface area contributed by atoms with Gasteiger partial charge < -0.3 is 14.2 Å². The van der Waals surface area contributed by atoms with Gasteiger partial charge in [0.1, 0.15) is 11.6 Å². The molecular weight excluding hydrogens is 243 g/mol. The van der Waals surface area contributed by atoms with Crippen molar-refractivity contribution in [1.82, 2.24) is 9.47 Å². The molecule has 0 N–H and O–H groups in total. The minimum Gasteiger partial charge on any atom is -0.494 e. The fraction of sp³-hybridized carbons (Fsp3) is 0.467. The van der Waals surface area contributed by atoms with Gasteiger partial charge in [0.15, 0.2) is 0 Å². The molecule has 0 fully saturated rings. The maximum Gasteiger partial charge on any atom is 0.146 e. The van der Waals surface area contributed by atoms with E-state index in [-0.39, 0.29) is 11.4 Å². The third kappa shape index (κ3) is 2.59. The molecule has 0 saturated heterocycles. The molecule has 0 saturated carbocycles. The highest BCUT2D eigenvalue weighted by Gasteiger charge is 2.22. The minimum atomic E-state index is -0.269. The van der Waals surface area contributed by atoms with E-state index >= 15 is 0 Å². The molecule has 0 radical (unpaired) electrons. The van der Waals surface area contributed by atoms with E-state index in [0.29, 0.717) is 5.75 Å². The fourth-order valence-electron chi connectivity index (χ4n) is 2.12. The Morgan fingerprint density at radius 2 is 2.00 bits per heavy atom. The molecule has 19 heavy (non-hydrogen) atoms. The van der Waals surface area contributed by atoms with Crippen LogP contribution in [0.3, 0.4) is 0 Å². The Hall–Kier alpha value is -1.55. The normalized spacial score (nSPS) is 12.4. The smallest absolute Gasteiger partial charge is 0.146 e. The second-order valence-corrected chi connectivity index (χ2v) is 5.70. The molecule has 1 aromatic carbocycles. The highest BCUT2D eigenvalue weighted by Crippen LogP contribution is 2.29. The quantitative estimate of drug-likeness (QED) is 0.844. The van der Waals surface area contributed by atoms with Crippen LogP contribution in [-0.2, 0) is 6.54 Å². The number of halogens is 1. The molecule has 2 aromatic rings. The van der Waals surface area contributed by atoms with E-state index in [1.165, 1.54) is 12.1 Å². The lowest BCUT2D eigenvalue weighted by atomic mass is 10.0. The fourth-order valence-corrected chi connectivity index (χ4v) is 2.12. The molecule has 1 heterocycles. The van der Waals surface area contributed by atoms with Gasteiger partial charge in [-0.05, 0) is 40.1 Å². The molecule has 1 aromatic heterocycles.